The van der Waals surface area contributed by atoms with Gasteiger partial charge in [0.05, 0.1) is 0 Å². The second kappa shape index (κ2) is 3.12. The van der Waals surface area contributed by atoms with Crippen LogP contribution in [0.5, 0.6) is 0 Å². The highest BCUT2D eigenvalue weighted by atomic mass is 14.6. The van der Waals surface area contributed by atoms with E-state index >= 15 is 0 Å². The van der Waals surface area contributed by atoms with Crippen molar-refractivity contribution in [3.05, 3.63) is 28.3 Å². The van der Waals surface area contributed by atoms with Crippen LogP contribution in [0.4, 0.5) is 5.69 Å². The van der Waals surface area contributed by atoms with Gasteiger partial charge in [0.25, 0.3) is 0 Å². The molecule has 0 bridgehead atoms. The maximum atomic E-state index is 7.35. The molecule has 3 N–H and O–H groups in total. The van der Waals surface area contributed by atoms with Crippen LogP contribution < -0.4 is 5.73 Å². The van der Waals surface area contributed by atoms with Crippen molar-refractivity contribution >= 4 is 11.9 Å². The van der Waals surface area contributed by atoms with E-state index in [2.05, 4.69) is 13.8 Å². The Morgan fingerprint density at radius 3 is 2.57 bits per heavy atom. The van der Waals surface area contributed by atoms with Crippen molar-refractivity contribution in [2.45, 2.75) is 32.6 Å². The molecular formula is C12H16N2. The van der Waals surface area contributed by atoms with Crippen molar-refractivity contribution in [3.8, 4) is 0 Å². The van der Waals surface area contributed by atoms with E-state index in [9.17, 15) is 0 Å². The predicted molar refractivity (Wildman–Crippen MR) is 60.2 cm³/mol. The minimum atomic E-state index is 0.731. The van der Waals surface area contributed by atoms with Gasteiger partial charge in [-0.3, -0.25) is 0 Å². The van der Waals surface area contributed by atoms with Gasteiger partial charge in [0.2, 0.25) is 0 Å². The zero-order valence-corrected chi connectivity index (χ0v) is 8.72. The minimum Gasteiger partial charge on any atom is -0.398 e. The molecule has 0 radical (unpaired) electrons. The van der Waals surface area contributed by atoms with Crippen LogP contribution in [0.15, 0.2) is 6.07 Å². The van der Waals surface area contributed by atoms with Crippen LogP contribution in [-0.4, -0.2) is 6.21 Å². The molecule has 2 nitrogen and oxygen atoms in total. The number of rotatable bonds is 2. The molecule has 0 atom stereocenters. The van der Waals surface area contributed by atoms with Crippen molar-refractivity contribution in [1.29, 1.82) is 5.41 Å². The van der Waals surface area contributed by atoms with E-state index in [1.165, 1.54) is 35.7 Å². The van der Waals surface area contributed by atoms with Gasteiger partial charge in [-0.15, -0.1) is 0 Å². The first-order chi connectivity index (χ1) is 6.65. The molecule has 0 unspecified atom stereocenters. The zero-order valence-electron chi connectivity index (χ0n) is 8.72. The number of nitrogens with two attached hydrogens (primary N) is 1. The smallest absolute Gasteiger partial charge is 0.0408 e. The highest BCUT2D eigenvalue weighted by Gasteiger charge is 2.27. The lowest BCUT2D eigenvalue weighted by atomic mass is 9.93. The van der Waals surface area contributed by atoms with Crippen LogP contribution in [0.3, 0.4) is 0 Å². The summed E-state index contributed by atoms with van der Waals surface area (Å²) >= 11 is 0. The lowest BCUT2D eigenvalue weighted by Gasteiger charge is -2.13. The summed E-state index contributed by atoms with van der Waals surface area (Å²) in [7, 11) is 0. The van der Waals surface area contributed by atoms with Crippen LogP contribution in [0.1, 0.15) is 41.0 Å². The first-order valence-electron chi connectivity index (χ1n) is 5.05. The van der Waals surface area contributed by atoms with Gasteiger partial charge in [0.1, 0.15) is 0 Å². The number of anilines is 1. The number of nitrogens with one attached hydrogen (secondary N) is 1. The lowest BCUT2D eigenvalue weighted by Crippen LogP contribution is -2.02. The summed E-state index contributed by atoms with van der Waals surface area (Å²) < 4.78 is 0. The van der Waals surface area contributed by atoms with Crippen LogP contribution >= 0.6 is 0 Å². The summed E-state index contributed by atoms with van der Waals surface area (Å²) in [5.41, 5.74) is 11.4. The van der Waals surface area contributed by atoms with Gasteiger partial charge in [0, 0.05) is 17.5 Å². The first kappa shape index (κ1) is 9.25. The van der Waals surface area contributed by atoms with E-state index in [-0.39, 0.29) is 0 Å². The van der Waals surface area contributed by atoms with Gasteiger partial charge >= 0.3 is 0 Å². The average Bonchev–Trinajstić information content (AvgIpc) is 2.88. The van der Waals surface area contributed by atoms with E-state index in [4.69, 9.17) is 11.1 Å². The number of aryl methyl sites for hydroxylation is 1. The fraction of sp³-hybridized carbons (Fsp3) is 0.417. The van der Waals surface area contributed by atoms with E-state index in [0.29, 0.717) is 0 Å². The fourth-order valence-corrected chi connectivity index (χ4v) is 2.24. The number of hydrogen-bond acceptors (Lipinski definition) is 2. The molecule has 0 aliphatic heterocycles. The van der Waals surface area contributed by atoms with Crippen LogP contribution in [-0.2, 0) is 0 Å². The molecule has 0 aromatic heterocycles. The Morgan fingerprint density at radius 1 is 1.43 bits per heavy atom. The largest absolute Gasteiger partial charge is 0.398 e. The quantitative estimate of drug-likeness (QED) is 0.544. The third-order valence-corrected chi connectivity index (χ3v) is 3.05. The lowest BCUT2D eigenvalue weighted by molar-refractivity contribution is 1.07. The van der Waals surface area contributed by atoms with Crippen LogP contribution in [0, 0.1) is 19.3 Å². The second-order valence-corrected chi connectivity index (χ2v) is 4.15. The maximum Gasteiger partial charge on any atom is 0.0408 e. The molecule has 0 spiro atoms. The standard InChI is InChI=1S/C12H16N2/c1-7-5-11(14)10(6-13)8(2)12(7)9-3-4-9/h5-6,9,13H,3-4,14H2,1-2H3. The SMILES string of the molecule is Cc1cc(N)c(C=N)c(C)c1C1CC1. The highest BCUT2D eigenvalue weighted by molar-refractivity contribution is 5.88. The Balaban J connectivity index is 2.63. The molecule has 0 saturated heterocycles. The van der Waals surface area contributed by atoms with E-state index < -0.39 is 0 Å². The van der Waals surface area contributed by atoms with Gasteiger partial charge in [-0.25, -0.2) is 0 Å². The highest BCUT2D eigenvalue weighted by Crippen LogP contribution is 2.44. The van der Waals surface area contributed by atoms with Gasteiger partial charge in [-0.05, 0) is 55.4 Å². The molecule has 1 saturated carbocycles. The Labute approximate surface area is 84.6 Å². The van der Waals surface area contributed by atoms with Crippen LogP contribution in [0.2, 0.25) is 0 Å². The van der Waals surface area contributed by atoms with Crippen molar-refractivity contribution in [2.24, 2.45) is 0 Å². The van der Waals surface area contributed by atoms with Crippen molar-refractivity contribution in [1.82, 2.24) is 0 Å². The molecule has 1 aliphatic carbocycles. The van der Waals surface area contributed by atoms with Gasteiger partial charge in [-0.1, -0.05) is 0 Å². The van der Waals surface area contributed by atoms with Crippen molar-refractivity contribution in [3.63, 3.8) is 0 Å². The Hall–Kier alpha value is -1.31. The second-order valence-electron chi connectivity index (χ2n) is 4.15. The monoisotopic (exact) mass is 188 g/mol. The fourth-order valence-electron chi connectivity index (χ4n) is 2.24. The van der Waals surface area contributed by atoms with E-state index in [1.807, 2.05) is 6.07 Å². The summed E-state index contributed by atoms with van der Waals surface area (Å²) in [6.07, 6.45) is 3.96. The van der Waals surface area contributed by atoms with Crippen molar-refractivity contribution < 1.29 is 0 Å². The molecule has 1 aromatic rings. The van der Waals surface area contributed by atoms with E-state index in [0.717, 1.165) is 17.2 Å². The number of benzene rings is 1. The Morgan fingerprint density at radius 2 is 2.07 bits per heavy atom. The summed E-state index contributed by atoms with van der Waals surface area (Å²) in [5.74, 6) is 0.731. The minimum absolute atomic E-state index is 0.731. The first-order valence-corrected chi connectivity index (χ1v) is 5.05. The van der Waals surface area contributed by atoms with Crippen LogP contribution in [0.25, 0.3) is 0 Å². The summed E-state index contributed by atoms with van der Waals surface area (Å²) in [4.78, 5) is 0. The molecule has 0 amide bonds. The molecular weight excluding hydrogens is 172 g/mol. The van der Waals surface area contributed by atoms with Gasteiger partial charge < -0.3 is 11.1 Å². The molecule has 1 fully saturated rings. The third kappa shape index (κ3) is 1.31. The number of hydrogen-bond donors (Lipinski definition) is 2. The molecule has 1 aliphatic rings. The summed E-state index contributed by atoms with van der Waals surface area (Å²) in [6, 6.07) is 2.00. The Kier molecular flexibility index (Phi) is 2.06. The predicted octanol–water partition coefficient (Wildman–Crippen LogP) is 2.76. The van der Waals surface area contributed by atoms with Gasteiger partial charge in [-0.2, -0.15) is 0 Å². The summed E-state index contributed by atoms with van der Waals surface area (Å²) in [5, 5.41) is 7.35. The Bertz CT molecular complexity index is 390. The summed E-state index contributed by atoms with van der Waals surface area (Å²) in [6.45, 7) is 4.20. The molecule has 74 valence electrons. The molecule has 2 rings (SSSR count). The van der Waals surface area contributed by atoms with E-state index in [1.54, 1.807) is 0 Å². The maximum absolute atomic E-state index is 7.35. The zero-order chi connectivity index (χ0) is 10.3. The molecule has 2 heteroatoms. The average molecular weight is 188 g/mol. The van der Waals surface area contributed by atoms with Crippen molar-refractivity contribution in [2.75, 3.05) is 5.73 Å². The number of nitrogen functional groups attached to an aromatic ring is 1. The normalized spacial score (nSPS) is 15.6. The van der Waals surface area contributed by atoms with Gasteiger partial charge in [0.15, 0.2) is 0 Å². The third-order valence-electron chi connectivity index (χ3n) is 3.05. The molecule has 14 heavy (non-hydrogen) atoms. The topological polar surface area (TPSA) is 49.9 Å². The molecule has 1 aromatic carbocycles. The molecule has 0 heterocycles.